The van der Waals surface area contributed by atoms with Crippen LogP contribution >= 0.6 is 11.6 Å². The number of hydrogen-bond acceptors (Lipinski definition) is 10. The first kappa shape index (κ1) is 51.8. The highest BCUT2D eigenvalue weighted by Gasteiger charge is 2.60. The zero-order chi connectivity index (χ0) is 51.2. The number of nitrogens with one attached hydrogen (secondary N) is 2. The fourth-order valence-electron chi connectivity index (χ4n) is 11.2. The van der Waals surface area contributed by atoms with Crippen LogP contribution in [0.4, 0.5) is 18.9 Å². The van der Waals surface area contributed by atoms with Gasteiger partial charge in [0.05, 0.1) is 26.7 Å². The molecule has 0 unspecified atom stereocenters. The highest BCUT2D eigenvalue weighted by atomic mass is 35.5. The molecule has 1 fully saturated rings. The topological polar surface area (TPSA) is 162 Å². The molecule has 13 nitrogen and oxygen atoms in total. The van der Waals surface area contributed by atoms with Crippen LogP contribution in [0.2, 0.25) is 5.02 Å². The third-order valence-corrected chi connectivity index (χ3v) is 15.0. The summed E-state index contributed by atoms with van der Waals surface area (Å²) < 4.78 is 61.9. The van der Waals surface area contributed by atoms with Crippen molar-refractivity contribution in [2.75, 3.05) is 38.8 Å². The largest absolute Gasteiger partial charge is 0.494 e. The second-order valence-corrected chi connectivity index (χ2v) is 19.9. The molecular formula is C55H60ClF3N6O7. The van der Waals surface area contributed by atoms with E-state index >= 15 is 0 Å². The van der Waals surface area contributed by atoms with E-state index in [0.29, 0.717) is 54.7 Å². The number of fused-ring (bicyclic) bond motifs is 3. The number of methoxy groups -OCH3 is 1. The number of halogens is 4. The lowest BCUT2D eigenvalue weighted by molar-refractivity contribution is -0.174. The SMILES string of the molecule is CNC(=O)c1ncc(-c2cccc(CC(=O)NCCCOc3ccc4c(c3)C3(CCC(C(=O)OC)(N(C(=O)C(F)(F)F)c5cccc(Cl)c5)CC3)[C@@H](C[C@@H](C)COc3ccnc5c3[C@H](C)CCC5)C4)c2)cn1. The third-order valence-electron chi connectivity index (χ3n) is 14.7. The molecule has 3 amide bonds. The summed E-state index contributed by atoms with van der Waals surface area (Å²) in [5.41, 5.74) is 3.93. The number of ether oxygens (including phenoxy) is 3. The molecule has 0 saturated heterocycles. The molecule has 3 atom stereocenters. The number of carbonyl (C=O) groups is 4. The van der Waals surface area contributed by atoms with E-state index in [4.69, 9.17) is 25.8 Å². The Balaban J connectivity index is 0.978. The van der Waals surface area contributed by atoms with Gasteiger partial charge in [0, 0.05) is 59.7 Å². The van der Waals surface area contributed by atoms with Crippen LogP contribution in [0, 0.1) is 11.8 Å². The second-order valence-electron chi connectivity index (χ2n) is 19.4. The maximum Gasteiger partial charge on any atom is 0.471 e. The number of esters is 1. The Labute approximate surface area is 422 Å². The van der Waals surface area contributed by atoms with Crippen molar-refractivity contribution in [3.8, 4) is 22.6 Å². The molecule has 0 radical (unpaired) electrons. The molecule has 3 aliphatic rings. The average Bonchev–Trinajstić information content (AvgIpc) is 3.66. The van der Waals surface area contributed by atoms with Gasteiger partial charge in [-0.1, -0.05) is 61.8 Å². The van der Waals surface area contributed by atoms with E-state index in [1.807, 2.05) is 48.5 Å². The maximum atomic E-state index is 14.6. The Morgan fingerprint density at radius 3 is 2.42 bits per heavy atom. The zero-order valence-corrected chi connectivity index (χ0v) is 41.7. The van der Waals surface area contributed by atoms with Crippen LogP contribution < -0.4 is 25.0 Å². The molecule has 17 heteroatoms. The van der Waals surface area contributed by atoms with Crippen LogP contribution in [0.15, 0.2) is 91.4 Å². The molecule has 5 aromatic rings. The van der Waals surface area contributed by atoms with Crippen molar-refractivity contribution in [3.05, 3.63) is 130 Å². The minimum atomic E-state index is -5.30. The Bertz CT molecular complexity index is 2780. The molecule has 8 rings (SSSR count). The molecule has 3 aliphatic carbocycles. The number of benzene rings is 3. The van der Waals surface area contributed by atoms with Gasteiger partial charge in [0.25, 0.3) is 5.91 Å². The van der Waals surface area contributed by atoms with Crippen molar-refractivity contribution in [3.63, 3.8) is 0 Å². The molecule has 72 heavy (non-hydrogen) atoms. The van der Waals surface area contributed by atoms with Crippen molar-refractivity contribution >= 4 is 41.0 Å². The maximum absolute atomic E-state index is 14.6. The summed E-state index contributed by atoms with van der Waals surface area (Å²) in [6, 6.07) is 20.9. The first-order chi connectivity index (χ1) is 34.5. The van der Waals surface area contributed by atoms with Gasteiger partial charge in [0.15, 0.2) is 0 Å². The van der Waals surface area contributed by atoms with Crippen LogP contribution in [-0.4, -0.2) is 84.3 Å². The van der Waals surface area contributed by atoms with Crippen molar-refractivity contribution in [1.82, 2.24) is 25.6 Å². The van der Waals surface area contributed by atoms with Crippen LogP contribution in [0.3, 0.4) is 0 Å². The highest BCUT2D eigenvalue weighted by molar-refractivity contribution is 6.31. The number of hydrogen-bond donors (Lipinski definition) is 2. The van der Waals surface area contributed by atoms with Crippen molar-refractivity contribution in [2.24, 2.45) is 11.8 Å². The Morgan fingerprint density at radius 2 is 1.69 bits per heavy atom. The van der Waals surface area contributed by atoms with E-state index in [1.54, 1.807) is 18.6 Å². The number of anilines is 1. The van der Waals surface area contributed by atoms with Gasteiger partial charge in [-0.2, -0.15) is 13.2 Å². The van der Waals surface area contributed by atoms with Gasteiger partial charge in [-0.15, -0.1) is 0 Å². The van der Waals surface area contributed by atoms with Gasteiger partial charge >= 0.3 is 18.1 Å². The first-order valence-electron chi connectivity index (χ1n) is 24.6. The zero-order valence-electron chi connectivity index (χ0n) is 41.0. The Kier molecular flexibility index (Phi) is 15.9. The molecule has 3 aromatic carbocycles. The van der Waals surface area contributed by atoms with E-state index in [2.05, 4.69) is 39.4 Å². The molecular weight excluding hydrogens is 949 g/mol. The lowest BCUT2D eigenvalue weighted by Crippen LogP contribution is -2.63. The van der Waals surface area contributed by atoms with Gasteiger partial charge in [-0.05, 0) is 146 Å². The molecule has 0 aliphatic heterocycles. The third kappa shape index (κ3) is 11.1. The van der Waals surface area contributed by atoms with Gasteiger partial charge in [-0.3, -0.25) is 24.3 Å². The first-order valence-corrected chi connectivity index (χ1v) is 24.9. The minimum Gasteiger partial charge on any atom is -0.494 e. The summed E-state index contributed by atoms with van der Waals surface area (Å²) in [6.07, 6.45) is 5.13. The number of carbonyl (C=O) groups excluding carboxylic acids is 4. The van der Waals surface area contributed by atoms with Crippen molar-refractivity contribution < 1.29 is 46.6 Å². The van der Waals surface area contributed by atoms with E-state index in [0.717, 1.165) is 66.5 Å². The molecule has 2 heterocycles. The van der Waals surface area contributed by atoms with Gasteiger partial charge in [0.2, 0.25) is 11.7 Å². The van der Waals surface area contributed by atoms with Crippen LogP contribution in [0.5, 0.6) is 11.5 Å². The van der Waals surface area contributed by atoms with E-state index in [-0.39, 0.29) is 72.3 Å². The smallest absolute Gasteiger partial charge is 0.471 e. The Hall–Kier alpha value is -6.55. The minimum absolute atomic E-state index is 0.0130. The van der Waals surface area contributed by atoms with E-state index in [1.165, 1.54) is 36.9 Å². The second kappa shape index (κ2) is 22.1. The normalized spacial score (nSPS) is 20.7. The molecule has 2 aromatic heterocycles. The lowest BCUT2D eigenvalue weighted by atomic mass is 9.59. The number of alkyl halides is 3. The highest BCUT2D eigenvalue weighted by Crippen LogP contribution is 2.58. The quantitative estimate of drug-likeness (QED) is 0.0678. The van der Waals surface area contributed by atoms with E-state index < -0.39 is 29.0 Å². The average molecular weight is 1010 g/mol. The van der Waals surface area contributed by atoms with E-state index in [9.17, 15) is 32.3 Å². The fourth-order valence-corrected chi connectivity index (χ4v) is 11.4. The molecule has 1 spiro atoms. The van der Waals surface area contributed by atoms with Crippen LogP contribution in [0.1, 0.15) is 110 Å². The summed E-state index contributed by atoms with van der Waals surface area (Å²) in [4.78, 5) is 65.9. The van der Waals surface area contributed by atoms with Crippen molar-refractivity contribution in [1.29, 1.82) is 0 Å². The predicted octanol–water partition coefficient (Wildman–Crippen LogP) is 9.72. The summed E-state index contributed by atoms with van der Waals surface area (Å²) >= 11 is 6.29. The summed E-state index contributed by atoms with van der Waals surface area (Å²) in [6.45, 7) is 5.46. The molecule has 0 bridgehead atoms. The van der Waals surface area contributed by atoms with Crippen LogP contribution in [-0.2, 0) is 43.8 Å². The fraction of sp³-hybridized carbons (Fsp3) is 0.436. The van der Waals surface area contributed by atoms with Gasteiger partial charge in [0.1, 0.15) is 17.0 Å². The predicted molar refractivity (Wildman–Crippen MR) is 266 cm³/mol. The standard InChI is InChI=1S/C55H60ClF3N6O7/c1-34(33-72-46-17-23-61-45-14-5-9-35(2)48(45)46)25-40-28-38-15-16-43(71-24-8-22-62-47(66)27-36-10-6-11-37(26-36)39-31-63-49(64-32-39)50(67)60-3)30-44(38)53(40)18-20-54(21-19-53,52(69)70-4)65(51(68)55(57,58)59)42-13-7-12-41(56)29-42/h6-7,10-13,15-17,23,26,29-32,34-35,40H,5,8-9,14,18-22,24-25,27-28,33H2,1-4H3,(H,60,67)(H,62,66)/t34-,35-,40+,53?,54?/m1/s1. The van der Waals surface area contributed by atoms with Gasteiger partial charge in [-0.25, -0.2) is 14.8 Å². The monoisotopic (exact) mass is 1010 g/mol. The van der Waals surface area contributed by atoms with Gasteiger partial charge < -0.3 is 24.8 Å². The molecule has 1 saturated carbocycles. The summed E-state index contributed by atoms with van der Waals surface area (Å²) in [5, 5.41) is 5.58. The van der Waals surface area contributed by atoms with Crippen LogP contribution in [0.25, 0.3) is 11.1 Å². The molecule has 2 N–H and O–H groups in total. The number of rotatable bonds is 17. The number of aromatic nitrogens is 3. The number of nitrogens with zero attached hydrogens (tertiary/aromatic N) is 4. The number of aryl methyl sites for hydroxylation is 1. The summed E-state index contributed by atoms with van der Waals surface area (Å²) in [5.74, 6) is -1.71. The lowest BCUT2D eigenvalue weighted by Gasteiger charge is -2.51. The number of amides is 3. The number of pyridine rings is 1. The molecule has 380 valence electrons. The van der Waals surface area contributed by atoms with Crippen molar-refractivity contribution in [2.45, 2.75) is 108 Å². The Morgan fingerprint density at radius 1 is 0.931 bits per heavy atom. The summed E-state index contributed by atoms with van der Waals surface area (Å²) in [7, 11) is 2.63.